The van der Waals surface area contributed by atoms with Gasteiger partial charge in [-0.25, -0.2) is 4.79 Å². The zero-order valence-corrected chi connectivity index (χ0v) is 14.7. The van der Waals surface area contributed by atoms with Gasteiger partial charge in [-0.2, -0.15) is 0 Å². The first-order valence-electron chi connectivity index (χ1n) is 7.91. The van der Waals surface area contributed by atoms with Gasteiger partial charge in [0, 0.05) is 18.8 Å². The van der Waals surface area contributed by atoms with Crippen LogP contribution in [0.1, 0.15) is 0 Å². The van der Waals surface area contributed by atoms with Crippen molar-refractivity contribution in [3.63, 3.8) is 0 Å². The van der Waals surface area contributed by atoms with E-state index in [1.54, 1.807) is 29.6 Å². The topological polar surface area (TPSA) is 91.6 Å². The standard InChI is InChI=1S/C17H15N3O5S/c1-19-16(22)15-11(4-7-26-15)20(17(19)23)9-14(21)18-10-2-3-12-13(8-10)25-6-5-24-12/h2-4,7-8H,5-6,9H2,1H3,(H,18,21). The summed E-state index contributed by atoms with van der Waals surface area (Å²) in [5.74, 6) is 0.812. The van der Waals surface area contributed by atoms with Crippen molar-refractivity contribution in [3.8, 4) is 11.5 Å². The Balaban J connectivity index is 1.61. The van der Waals surface area contributed by atoms with Crippen molar-refractivity contribution < 1.29 is 14.3 Å². The van der Waals surface area contributed by atoms with Gasteiger partial charge in [0.15, 0.2) is 11.5 Å². The molecule has 0 spiro atoms. The predicted octanol–water partition coefficient (Wildman–Crippen LogP) is 1.17. The highest BCUT2D eigenvalue weighted by Gasteiger charge is 2.16. The molecule has 2 aromatic heterocycles. The summed E-state index contributed by atoms with van der Waals surface area (Å²) in [6.45, 7) is 0.744. The Labute approximate surface area is 151 Å². The number of amides is 1. The molecule has 8 nitrogen and oxygen atoms in total. The fourth-order valence-corrected chi connectivity index (χ4v) is 3.69. The lowest BCUT2D eigenvalue weighted by Gasteiger charge is -2.19. The highest BCUT2D eigenvalue weighted by atomic mass is 32.1. The maximum absolute atomic E-state index is 12.4. The molecule has 1 amide bonds. The van der Waals surface area contributed by atoms with Crippen LogP contribution in [0.15, 0.2) is 39.2 Å². The molecule has 9 heteroatoms. The van der Waals surface area contributed by atoms with Crippen molar-refractivity contribution in [3.05, 3.63) is 50.5 Å². The molecule has 1 aromatic carbocycles. The summed E-state index contributed by atoms with van der Waals surface area (Å²) >= 11 is 1.24. The number of thiophene rings is 1. The first-order valence-corrected chi connectivity index (χ1v) is 8.79. The summed E-state index contributed by atoms with van der Waals surface area (Å²) in [7, 11) is 1.40. The molecular weight excluding hydrogens is 358 g/mol. The second-order valence-corrected chi connectivity index (χ2v) is 6.69. The van der Waals surface area contributed by atoms with Crippen LogP contribution in [0.25, 0.3) is 10.2 Å². The number of carbonyl (C=O) groups excluding carboxylic acids is 1. The van der Waals surface area contributed by atoms with Crippen LogP contribution in [-0.2, 0) is 18.4 Å². The summed E-state index contributed by atoms with van der Waals surface area (Å²) < 4.78 is 13.7. The van der Waals surface area contributed by atoms with E-state index in [1.807, 2.05) is 0 Å². The van der Waals surface area contributed by atoms with E-state index < -0.39 is 5.69 Å². The second-order valence-electron chi connectivity index (χ2n) is 5.77. The highest BCUT2D eigenvalue weighted by molar-refractivity contribution is 7.17. The van der Waals surface area contributed by atoms with Crippen molar-refractivity contribution >= 4 is 33.1 Å². The van der Waals surface area contributed by atoms with Crippen molar-refractivity contribution in [1.82, 2.24) is 9.13 Å². The minimum absolute atomic E-state index is 0.200. The van der Waals surface area contributed by atoms with Gasteiger partial charge in [-0.05, 0) is 23.6 Å². The molecule has 0 bridgehead atoms. The van der Waals surface area contributed by atoms with Gasteiger partial charge in [-0.15, -0.1) is 11.3 Å². The number of hydrogen-bond donors (Lipinski definition) is 1. The molecule has 0 saturated heterocycles. The number of carbonyl (C=O) groups is 1. The minimum Gasteiger partial charge on any atom is -0.486 e. The van der Waals surface area contributed by atoms with Crippen LogP contribution in [0.3, 0.4) is 0 Å². The maximum Gasteiger partial charge on any atom is 0.331 e. The molecule has 0 aliphatic carbocycles. The molecule has 4 rings (SSSR count). The maximum atomic E-state index is 12.4. The quantitative estimate of drug-likeness (QED) is 0.744. The first-order chi connectivity index (χ1) is 12.5. The Morgan fingerprint density at radius 3 is 2.77 bits per heavy atom. The number of ether oxygens (including phenoxy) is 2. The Hall–Kier alpha value is -3.07. The minimum atomic E-state index is -0.529. The number of fused-ring (bicyclic) bond motifs is 2. The van der Waals surface area contributed by atoms with E-state index in [2.05, 4.69) is 5.32 Å². The summed E-state index contributed by atoms with van der Waals surface area (Å²) in [6, 6.07) is 6.77. The molecule has 1 aliphatic heterocycles. The van der Waals surface area contributed by atoms with Gasteiger partial charge in [0.2, 0.25) is 5.91 Å². The molecule has 3 aromatic rings. The van der Waals surface area contributed by atoms with Gasteiger partial charge >= 0.3 is 5.69 Å². The van der Waals surface area contributed by atoms with E-state index in [0.29, 0.717) is 40.6 Å². The molecule has 0 unspecified atom stereocenters. The van der Waals surface area contributed by atoms with Gasteiger partial charge in [0.25, 0.3) is 5.56 Å². The molecule has 26 heavy (non-hydrogen) atoms. The van der Waals surface area contributed by atoms with E-state index in [0.717, 1.165) is 4.57 Å². The lowest BCUT2D eigenvalue weighted by Crippen LogP contribution is -2.39. The molecule has 1 aliphatic rings. The molecule has 1 N–H and O–H groups in total. The van der Waals surface area contributed by atoms with E-state index in [4.69, 9.17) is 9.47 Å². The Morgan fingerprint density at radius 2 is 1.96 bits per heavy atom. The van der Waals surface area contributed by atoms with Gasteiger partial charge in [-0.3, -0.25) is 18.7 Å². The molecule has 0 saturated carbocycles. The smallest absolute Gasteiger partial charge is 0.331 e. The van der Waals surface area contributed by atoms with E-state index in [9.17, 15) is 14.4 Å². The number of nitrogens with zero attached hydrogens (tertiary/aromatic N) is 2. The SMILES string of the molecule is Cn1c(=O)c2sccc2n(CC(=O)Nc2ccc3c(c2)OCCO3)c1=O. The Morgan fingerprint density at radius 1 is 1.19 bits per heavy atom. The highest BCUT2D eigenvalue weighted by Crippen LogP contribution is 2.32. The van der Waals surface area contributed by atoms with Crippen LogP contribution < -0.4 is 26.0 Å². The lowest BCUT2D eigenvalue weighted by molar-refractivity contribution is -0.116. The van der Waals surface area contributed by atoms with Gasteiger partial charge in [-0.1, -0.05) is 0 Å². The first kappa shape index (κ1) is 16.4. The zero-order chi connectivity index (χ0) is 18.3. The number of benzene rings is 1. The van der Waals surface area contributed by atoms with Crippen LogP contribution >= 0.6 is 11.3 Å². The van der Waals surface area contributed by atoms with Crippen molar-refractivity contribution in [2.24, 2.45) is 7.05 Å². The van der Waals surface area contributed by atoms with Gasteiger partial charge in [0.1, 0.15) is 24.5 Å². The number of aromatic nitrogens is 2. The molecule has 0 atom stereocenters. The molecule has 3 heterocycles. The van der Waals surface area contributed by atoms with Crippen LogP contribution in [-0.4, -0.2) is 28.3 Å². The van der Waals surface area contributed by atoms with E-state index >= 15 is 0 Å². The average Bonchev–Trinajstić information content (AvgIpc) is 3.13. The Kier molecular flexibility index (Phi) is 4.00. The van der Waals surface area contributed by atoms with E-state index in [-0.39, 0.29) is 18.0 Å². The van der Waals surface area contributed by atoms with Crippen molar-refractivity contribution in [2.75, 3.05) is 18.5 Å². The summed E-state index contributed by atoms with van der Waals surface area (Å²) in [5, 5.41) is 4.46. The fraction of sp³-hybridized carbons (Fsp3) is 0.235. The third-order valence-electron chi connectivity index (χ3n) is 4.08. The van der Waals surface area contributed by atoms with Crippen LogP contribution in [0, 0.1) is 0 Å². The largest absolute Gasteiger partial charge is 0.486 e. The van der Waals surface area contributed by atoms with Gasteiger partial charge < -0.3 is 14.8 Å². The summed E-state index contributed by atoms with van der Waals surface area (Å²) in [6.07, 6.45) is 0. The van der Waals surface area contributed by atoms with Crippen LogP contribution in [0.5, 0.6) is 11.5 Å². The second kappa shape index (κ2) is 6.34. The third kappa shape index (κ3) is 2.76. The average molecular weight is 373 g/mol. The third-order valence-corrected chi connectivity index (χ3v) is 4.97. The van der Waals surface area contributed by atoms with Crippen LogP contribution in [0.4, 0.5) is 5.69 Å². The van der Waals surface area contributed by atoms with E-state index in [1.165, 1.54) is 23.0 Å². The molecule has 134 valence electrons. The number of hydrogen-bond acceptors (Lipinski definition) is 6. The van der Waals surface area contributed by atoms with Gasteiger partial charge in [0.05, 0.1) is 5.52 Å². The number of nitrogens with one attached hydrogen (secondary N) is 1. The number of anilines is 1. The Bertz CT molecular complexity index is 1130. The molecule has 0 fully saturated rings. The monoisotopic (exact) mass is 373 g/mol. The van der Waals surface area contributed by atoms with Crippen molar-refractivity contribution in [2.45, 2.75) is 6.54 Å². The molecular formula is C17H15N3O5S. The summed E-state index contributed by atoms with van der Waals surface area (Å²) in [5.41, 5.74) is 0.112. The summed E-state index contributed by atoms with van der Waals surface area (Å²) in [4.78, 5) is 36.9. The van der Waals surface area contributed by atoms with Crippen molar-refractivity contribution in [1.29, 1.82) is 0 Å². The fourth-order valence-electron chi connectivity index (χ4n) is 2.82. The molecule has 0 radical (unpaired) electrons. The van der Waals surface area contributed by atoms with Crippen LogP contribution in [0.2, 0.25) is 0 Å². The predicted molar refractivity (Wildman–Crippen MR) is 97.4 cm³/mol. The normalized spacial score (nSPS) is 13.0. The number of rotatable bonds is 3. The lowest BCUT2D eigenvalue weighted by atomic mass is 10.2. The zero-order valence-electron chi connectivity index (χ0n) is 13.9.